The Hall–Kier alpha value is -0.720. The molecule has 16 heavy (non-hydrogen) atoms. The Kier molecular flexibility index (Phi) is 2.49. The summed E-state index contributed by atoms with van der Waals surface area (Å²) in [6.07, 6.45) is 0. The maximum atomic E-state index is 13.8. The molecule has 1 aliphatic rings. The minimum Gasteiger partial charge on any atom is -0.618 e. The fourth-order valence-electron chi connectivity index (χ4n) is 1.88. The van der Waals surface area contributed by atoms with E-state index in [1.165, 1.54) is 6.07 Å². The summed E-state index contributed by atoms with van der Waals surface area (Å²) in [7, 11) is 0. The third-order valence-electron chi connectivity index (χ3n) is 3.22. The quantitative estimate of drug-likeness (QED) is 0.308. The van der Waals surface area contributed by atoms with Crippen LogP contribution in [0, 0.1) is 20.4 Å². The van der Waals surface area contributed by atoms with Crippen LogP contribution >= 0.6 is 22.6 Å². The second kappa shape index (κ2) is 3.38. The van der Waals surface area contributed by atoms with Gasteiger partial charge in [0, 0.05) is 12.5 Å². The molecule has 0 amide bonds. The van der Waals surface area contributed by atoms with Crippen LogP contribution in [0.2, 0.25) is 0 Å². The topological polar surface area (TPSA) is 26.1 Å². The van der Waals surface area contributed by atoms with Crippen molar-refractivity contribution in [3.8, 4) is 0 Å². The zero-order valence-electron chi connectivity index (χ0n) is 9.07. The van der Waals surface area contributed by atoms with Gasteiger partial charge >= 0.3 is 0 Å². The fraction of sp³-hybridized carbons (Fsp3) is 0.364. The van der Waals surface area contributed by atoms with Crippen molar-refractivity contribution < 1.29 is 13.5 Å². The molecule has 0 saturated carbocycles. The fourth-order valence-corrected chi connectivity index (χ4v) is 2.29. The highest BCUT2D eigenvalue weighted by Gasteiger charge is 2.44. The van der Waals surface area contributed by atoms with Gasteiger partial charge in [0.05, 0.1) is 8.99 Å². The predicted molar refractivity (Wildman–Crippen MR) is 66.1 cm³/mol. The van der Waals surface area contributed by atoms with Gasteiger partial charge in [-0.1, -0.05) is 0 Å². The molecule has 0 unspecified atom stereocenters. The van der Waals surface area contributed by atoms with Crippen LogP contribution in [-0.2, 0) is 5.41 Å². The zero-order valence-corrected chi connectivity index (χ0v) is 11.2. The van der Waals surface area contributed by atoms with Crippen molar-refractivity contribution in [2.75, 3.05) is 0 Å². The highest BCUT2D eigenvalue weighted by atomic mass is 127. The molecular weight excluding hydrogens is 327 g/mol. The summed E-state index contributed by atoms with van der Waals surface area (Å²) in [5.74, 6) is -1.39. The second-order valence-electron chi connectivity index (χ2n) is 4.39. The molecule has 0 fully saturated rings. The monoisotopic (exact) mass is 337 g/mol. The van der Waals surface area contributed by atoms with Crippen LogP contribution in [0.15, 0.2) is 6.07 Å². The van der Waals surface area contributed by atoms with Gasteiger partial charge in [0.1, 0.15) is 5.82 Å². The summed E-state index contributed by atoms with van der Waals surface area (Å²) < 4.78 is 27.7. The lowest BCUT2D eigenvalue weighted by Crippen LogP contribution is -2.25. The van der Waals surface area contributed by atoms with Crippen molar-refractivity contribution in [1.29, 1.82) is 0 Å². The molecule has 0 radical (unpaired) electrons. The van der Waals surface area contributed by atoms with Gasteiger partial charge in [0.15, 0.2) is 5.71 Å². The van der Waals surface area contributed by atoms with Crippen molar-refractivity contribution in [2.45, 2.75) is 26.2 Å². The molecule has 1 aliphatic heterocycles. The first kappa shape index (κ1) is 11.8. The van der Waals surface area contributed by atoms with Crippen LogP contribution in [0.25, 0.3) is 0 Å². The summed E-state index contributed by atoms with van der Waals surface area (Å²) >= 11 is 1.57. The van der Waals surface area contributed by atoms with Crippen LogP contribution in [0.3, 0.4) is 0 Å². The van der Waals surface area contributed by atoms with Crippen molar-refractivity contribution in [1.82, 2.24) is 0 Å². The minimum atomic E-state index is -0.768. The minimum absolute atomic E-state index is 0.0479. The molecular formula is C11H10F2INO. The number of hydrogen-bond acceptors (Lipinski definition) is 1. The number of rotatable bonds is 0. The van der Waals surface area contributed by atoms with Gasteiger partial charge in [-0.2, -0.15) is 9.13 Å². The normalized spacial score (nSPS) is 17.9. The molecule has 86 valence electrons. The van der Waals surface area contributed by atoms with E-state index in [1.807, 2.05) is 0 Å². The Labute approximate surface area is 106 Å². The number of hydrogen-bond donors (Lipinski definition) is 0. The van der Waals surface area contributed by atoms with E-state index in [-0.39, 0.29) is 9.26 Å². The van der Waals surface area contributed by atoms with E-state index in [0.29, 0.717) is 16.0 Å². The zero-order chi connectivity index (χ0) is 12.2. The lowest BCUT2D eigenvalue weighted by Gasteiger charge is -2.14. The molecule has 0 atom stereocenters. The Morgan fingerprint density at radius 2 is 1.94 bits per heavy atom. The molecule has 2 rings (SSSR count). The molecule has 0 aromatic heterocycles. The van der Waals surface area contributed by atoms with Crippen LogP contribution in [0.1, 0.15) is 26.3 Å². The lowest BCUT2D eigenvalue weighted by molar-refractivity contribution is -0.361. The molecule has 0 aliphatic carbocycles. The van der Waals surface area contributed by atoms with E-state index >= 15 is 0 Å². The van der Waals surface area contributed by atoms with Crippen molar-refractivity contribution >= 4 is 34.0 Å². The third-order valence-corrected chi connectivity index (χ3v) is 4.21. The number of benzene rings is 1. The molecule has 2 nitrogen and oxygen atoms in total. The van der Waals surface area contributed by atoms with E-state index in [0.717, 1.165) is 0 Å². The highest BCUT2D eigenvalue weighted by Crippen LogP contribution is 2.42. The Bertz CT molecular complexity index is 523. The smallest absolute Gasteiger partial charge is 0.258 e. The van der Waals surface area contributed by atoms with E-state index in [2.05, 4.69) is 0 Å². The Morgan fingerprint density at radius 3 is 2.50 bits per heavy atom. The molecule has 1 heterocycles. The van der Waals surface area contributed by atoms with Gasteiger partial charge in [-0.25, -0.2) is 4.39 Å². The summed E-state index contributed by atoms with van der Waals surface area (Å²) in [6.45, 7) is 5.20. The van der Waals surface area contributed by atoms with Crippen molar-refractivity contribution in [2.24, 2.45) is 0 Å². The van der Waals surface area contributed by atoms with Gasteiger partial charge in [-0.05, 0) is 42.5 Å². The number of fused-ring (bicyclic) bond motifs is 1. The highest BCUT2D eigenvalue weighted by molar-refractivity contribution is 14.1. The number of nitrogens with zero attached hydrogens (tertiary/aromatic N) is 1. The average molecular weight is 337 g/mol. The molecule has 0 bridgehead atoms. The van der Waals surface area contributed by atoms with Crippen LogP contribution in [-0.4, -0.2) is 10.5 Å². The van der Waals surface area contributed by atoms with Crippen molar-refractivity contribution in [3.63, 3.8) is 0 Å². The van der Waals surface area contributed by atoms with Gasteiger partial charge in [-0.15, -0.1) is 0 Å². The molecule has 5 heteroatoms. The summed E-state index contributed by atoms with van der Waals surface area (Å²) in [6, 6.07) is 1.25. The number of halogens is 3. The first-order chi connectivity index (χ1) is 7.28. The maximum Gasteiger partial charge on any atom is 0.258 e. The largest absolute Gasteiger partial charge is 0.618 e. The predicted octanol–water partition coefficient (Wildman–Crippen LogP) is 3.46. The van der Waals surface area contributed by atoms with Gasteiger partial charge < -0.3 is 5.21 Å². The van der Waals surface area contributed by atoms with Gasteiger partial charge in [-0.3, -0.25) is 0 Å². The first-order valence-electron chi connectivity index (χ1n) is 4.77. The van der Waals surface area contributed by atoms with E-state index in [1.54, 1.807) is 43.4 Å². The van der Waals surface area contributed by atoms with Gasteiger partial charge in [0.2, 0.25) is 5.82 Å². The average Bonchev–Trinajstić information content (AvgIpc) is 2.37. The molecule has 0 spiro atoms. The summed E-state index contributed by atoms with van der Waals surface area (Å²) in [5.41, 5.74) is 0.217. The second-order valence-corrected chi connectivity index (χ2v) is 5.47. The molecule has 1 aromatic carbocycles. The molecule has 0 N–H and O–H groups in total. The Morgan fingerprint density at radius 1 is 1.38 bits per heavy atom. The maximum absolute atomic E-state index is 13.8. The Balaban J connectivity index is 2.87. The van der Waals surface area contributed by atoms with Crippen LogP contribution in [0.4, 0.5) is 14.5 Å². The molecule has 1 aromatic rings. The van der Waals surface area contributed by atoms with E-state index < -0.39 is 17.0 Å². The molecule has 0 saturated heterocycles. The van der Waals surface area contributed by atoms with Gasteiger partial charge in [0.25, 0.3) is 5.69 Å². The lowest BCUT2D eigenvalue weighted by atomic mass is 9.82. The van der Waals surface area contributed by atoms with Crippen LogP contribution < -0.4 is 0 Å². The van der Waals surface area contributed by atoms with E-state index in [4.69, 9.17) is 0 Å². The van der Waals surface area contributed by atoms with Crippen molar-refractivity contribution in [3.05, 3.63) is 32.0 Å². The standard InChI is InChI=1S/C11H10F2INO/c1-5-11(2,3)6-4-7(12)9(14)8(13)10(6)15(5)16/h4H,1-3H3. The van der Waals surface area contributed by atoms with Crippen LogP contribution in [0.5, 0.6) is 0 Å². The SMILES string of the molecule is CC1=[N+]([O-])c2c(cc(F)c(I)c2F)C1(C)C. The van der Waals surface area contributed by atoms with E-state index in [9.17, 15) is 14.0 Å². The first-order valence-corrected chi connectivity index (χ1v) is 5.85. The summed E-state index contributed by atoms with van der Waals surface area (Å²) in [5, 5.41) is 11.8. The third kappa shape index (κ3) is 1.30. The summed E-state index contributed by atoms with van der Waals surface area (Å²) in [4.78, 5) is 0.